The van der Waals surface area contributed by atoms with Gasteiger partial charge in [0.05, 0.1) is 28.7 Å². The molecule has 2 aromatic carbocycles. The number of benzene rings is 2. The number of nitrogens with zero attached hydrogens (tertiary/aromatic N) is 3. The second-order valence-corrected chi connectivity index (χ2v) is 8.15. The molecule has 1 N–H and O–H groups in total. The van der Waals surface area contributed by atoms with Gasteiger partial charge in [-0.05, 0) is 48.5 Å². The standard InChI is InChI=1S/C27H16F4N4/c28-17-6-9-24(33-13-17)21-14-34-23-10-7-18(11-20(21)23)35-15-22(19-3-1-2-4-26(19)35)25-8-5-16(12-32-25)27(29,30)31/h1-15,34H. The molecule has 0 saturated heterocycles. The van der Waals surface area contributed by atoms with Gasteiger partial charge >= 0.3 is 6.18 Å². The molecule has 172 valence electrons. The number of pyridine rings is 2. The van der Waals surface area contributed by atoms with E-state index < -0.39 is 17.6 Å². The summed E-state index contributed by atoms with van der Waals surface area (Å²) in [6.45, 7) is 0. The molecule has 0 aliphatic rings. The van der Waals surface area contributed by atoms with Crippen LogP contribution in [0.3, 0.4) is 0 Å². The number of halogens is 4. The molecule has 0 saturated carbocycles. The summed E-state index contributed by atoms with van der Waals surface area (Å²) in [5, 5.41) is 1.78. The fraction of sp³-hybridized carbons (Fsp3) is 0.0370. The SMILES string of the molecule is Fc1ccc(-c2c[nH]c3ccc(-n4cc(-c5ccc(C(F)(F)F)cn5)c5ccccc54)cc23)nc1. The number of aromatic amines is 1. The highest BCUT2D eigenvalue weighted by Gasteiger charge is 2.30. The summed E-state index contributed by atoms with van der Waals surface area (Å²) in [5.41, 5.74) is 4.51. The van der Waals surface area contributed by atoms with Crippen LogP contribution >= 0.6 is 0 Å². The quantitative estimate of drug-likeness (QED) is 0.273. The summed E-state index contributed by atoms with van der Waals surface area (Å²) in [4.78, 5) is 11.5. The summed E-state index contributed by atoms with van der Waals surface area (Å²) in [6.07, 6.45) is 1.31. The molecule has 6 aromatic rings. The predicted octanol–water partition coefficient (Wildman–Crippen LogP) is 7.39. The van der Waals surface area contributed by atoms with Crippen molar-refractivity contribution in [2.45, 2.75) is 6.18 Å². The average molecular weight is 472 g/mol. The minimum atomic E-state index is -4.44. The maximum Gasteiger partial charge on any atom is 0.417 e. The smallest absolute Gasteiger partial charge is 0.360 e. The van der Waals surface area contributed by atoms with Crippen molar-refractivity contribution >= 4 is 21.8 Å². The van der Waals surface area contributed by atoms with E-state index in [1.165, 1.54) is 18.3 Å². The fourth-order valence-corrected chi connectivity index (χ4v) is 4.32. The van der Waals surface area contributed by atoms with Gasteiger partial charge in [-0.25, -0.2) is 4.39 Å². The molecule has 6 rings (SSSR count). The van der Waals surface area contributed by atoms with Crippen LogP contribution in [0, 0.1) is 5.82 Å². The molecular formula is C27H16F4N4. The summed E-state index contributed by atoms with van der Waals surface area (Å²) >= 11 is 0. The molecule has 0 aliphatic heterocycles. The van der Waals surface area contributed by atoms with E-state index in [0.29, 0.717) is 11.4 Å². The Bertz CT molecular complexity index is 1680. The zero-order valence-electron chi connectivity index (χ0n) is 18.0. The molecule has 0 unspecified atom stereocenters. The van der Waals surface area contributed by atoms with Crippen molar-refractivity contribution in [2.24, 2.45) is 0 Å². The number of nitrogens with one attached hydrogen (secondary N) is 1. The van der Waals surface area contributed by atoms with Gasteiger partial charge in [-0.1, -0.05) is 18.2 Å². The van der Waals surface area contributed by atoms with Crippen molar-refractivity contribution in [1.82, 2.24) is 19.5 Å². The number of rotatable bonds is 3. The maximum atomic E-state index is 13.4. The summed E-state index contributed by atoms with van der Waals surface area (Å²) < 4.78 is 54.4. The molecule has 0 atom stereocenters. The molecule has 0 aliphatic carbocycles. The molecular weight excluding hydrogens is 456 g/mol. The van der Waals surface area contributed by atoms with Crippen LogP contribution in [0.2, 0.25) is 0 Å². The van der Waals surface area contributed by atoms with Crippen molar-refractivity contribution in [3.63, 3.8) is 0 Å². The van der Waals surface area contributed by atoms with Crippen LogP contribution in [-0.2, 0) is 6.18 Å². The topological polar surface area (TPSA) is 46.5 Å². The van der Waals surface area contributed by atoms with Gasteiger partial charge in [-0.2, -0.15) is 13.2 Å². The zero-order chi connectivity index (χ0) is 24.2. The van der Waals surface area contributed by atoms with E-state index >= 15 is 0 Å². The van der Waals surface area contributed by atoms with Crippen LogP contribution in [0.5, 0.6) is 0 Å². The van der Waals surface area contributed by atoms with Gasteiger partial charge < -0.3 is 9.55 Å². The van der Waals surface area contributed by atoms with Crippen LogP contribution < -0.4 is 0 Å². The lowest BCUT2D eigenvalue weighted by molar-refractivity contribution is -0.137. The first kappa shape index (κ1) is 21.1. The normalized spacial score (nSPS) is 12.0. The Labute approximate surface area is 196 Å². The predicted molar refractivity (Wildman–Crippen MR) is 127 cm³/mol. The molecule has 4 nitrogen and oxygen atoms in total. The molecule has 4 heterocycles. The van der Waals surface area contributed by atoms with Crippen LogP contribution in [-0.4, -0.2) is 19.5 Å². The maximum absolute atomic E-state index is 13.4. The highest BCUT2D eigenvalue weighted by Crippen LogP contribution is 2.35. The Kier molecular flexibility index (Phi) is 4.70. The first-order valence-electron chi connectivity index (χ1n) is 10.8. The Morgan fingerprint density at radius 2 is 1.54 bits per heavy atom. The van der Waals surface area contributed by atoms with E-state index in [2.05, 4.69) is 15.0 Å². The van der Waals surface area contributed by atoms with Crippen molar-refractivity contribution in [1.29, 1.82) is 0 Å². The minimum absolute atomic E-state index is 0.405. The Morgan fingerprint density at radius 1 is 0.771 bits per heavy atom. The lowest BCUT2D eigenvalue weighted by atomic mass is 10.1. The fourth-order valence-electron chi connectivity index (χ4n) is 4.32. The van der Waals surface area contributed by atoms with E-state index in [9.17, 15) is 17.6 Å². The van der Waals surface area contributed by atoms with Crippen LogP contribution in [0.25, 0.3) is 50.0 Å². The summed E-state index contributed by atoms with van der Waals surface area (Å²) in [5.74, 6) is -0.405. The highest BCUT2D eigenvalue weighted by molar-refractivity contribution is 5.98. The van der Waals surface area contributed by atoms with E-state index in [0.717, 1.165) is 50.9 Å². The molecule has 0 bridgehead atoms. The summed E-state index contributed by atoms with van der Waals surface area (Å²) in [6, 6.07) is 19.0. The van der Waals surface area contributed by atoms with E-state index in [-0.39, 0.29) is 0 Å². The molecule has 4 aromatic heterocycles. The van der Waals surface area contributed by atoms with E-state index in [1.54, 1.807) is 6.07 Å². The number of alkyl halides is 3. The highest BCUT2D eigenvalue weighted by atomic mass is 19.4. The molecule has 0 fully saturated rings. The van der Waals surface area contributed by atoms with E-state index in [1.807, 2.05) is 59.4 Å². The lowest BCUT2D eigenvalue weighted by Gasteiger charge is -2.07. The average Bonchev–Trinajstić information content (AvgIpc) is 3.46. The second kappa shape index (κ2) is 7.80. The number of para-hydroxylation sites is 1. The van der Waals surface area contributed by atoms with Gasteiger partial charge in [-0.3, -0.25) is 9.97 Å². The van der Waals surface area contributed by atoms with Gasteiger partial charge in [0.1, 0.15) is 5.82 Å². The second-order valence-electron chi connectivity index (χ2n) is 8.15. The Balaban J connectivity index is 1.50. The van der Waals surface area contributed by atoms with Crippen molar-refractivity contribution in [3.8, 4) is 28.2 Å². The first-order valence-corrected chi connectivity index (χ1v) is 10.8. The van der Waals surface area contributed by atoms with Gasteiger partial charge in [0.25, 0.3) is 0 Å². The van der Waals surface area contributed by atoms with Crippen molar-refractivity contribution in [2.75, 3.05) is 0 Å². The van der Waals surface area contributed by atoms with Gasteiger partial charge in [-0.15, -0.1) is 0 Å². The monoisotopic (exact) mass is 472 g/mol. The van der Waals surface area contributed by atoms with E-state index in [4.69, 9.17) is 0 Å². The molecule has 0 spiro atoms. The molecule has 35 heavy (non-hydrogen) atoms. The summed E-state index contributed by atoms with van der Waals surface area (Å²) in [7, 11) is 0. The van der Waals surface area contributed by atoms with Gasteiger partial charge in [0.15, 0.2) is 0 Å². The lowest BCUT2D eigenvalue weighted by Crippen LogP contribution is -2.05. The Hall–Kier alpha value is -4.46. The number of fused-ring (bicyclic) bond motifs is 2. The molecule has 0 amide bonds. The van der Waals surface area contributed by atoms with Gasteiger partial charge in [0, 0.05) is 51.7 Å². The van der Waals surface area contributed by atoms with Crippen LogP contribution in [0.1, 0.15) is 5.56 Å². The third-order valence-electron chi connectivity index (χ3n) is 6.03. The van der Waals surface area contributed by atoms with Crippen LogP contribution in [0.4, 0.5) is 17.6 Å². The number of aromatic nitrogens is 4. The Morgan fingerprint density at radius 3 is 2.29 bits per heavy atom. The number of hydrogen-bond donors (Lipinski definition) is 1. The minimum Gasteiger partial charge on any atom is -0.360 e. The molecule has 8 heteroatoms. The molecule has 0 radical (unpaired) electrons. The largest absolute Gasteiger partial charge is 0.417 e. The zero-order valence-corrected chi connectivity index (χ0v) is 18.0. The number of hydrogen-bond acceptors (Lipinski definition) is 2. The first-order chi connectivity index (χ1) is 16.9. The van der Waals surface area contributed by atoms with Crippen molar-refractivity contribution in [3.05, 3.63) is 103 Å². The number of H-pyrrole nitrogens is 1. The van der Waals surface area contributed by atoms with Gasteiger partial charge in [0.2, 0.25) is 0 Å². The third-order valence-corrected chi connectivity index (χ3v) is 6.03. The third kappa shape index (κ3) is 3.63. The van der Waals surface area contributed by atoms with Crippen LogP contribution in [0.15, 0.2) is 91.5 Å². The van der Waals surface area contributed by atoms with Crippen molar-refractivity contribution < 1.29 is 17.6 Å².